The van der Waals surface area contributed by atoms with E-state index < -0.39 is 5.97 Å². The van der Waals surface area contributed by atoms with Crippen LogP contribution in [0.15, 0.2) is 24.3 Å². The number of aromatic carboxylic acids is 1. The highest BCUT2D eigenvalue weighted by Gasteiger charge is 2.20. The van der Waals surface area contributed by atoms with Crippen molar-refractivity contribution >= 4 is 28.5 Å². The summed E-state index contributed by atoms with van der Waals surface area (Å²) in [7, 11) is 0. The Morgan fingerprint density at radius 3 is 2.50 bits per heavy atom. The van der Waals surface area contributed by atoms with E-state index in [2.05, 4.69) is 4.98 Å². The van der Waals surface area contributed by atoms with Crippen LogP contribution in [0.4, 0.5) is 0 Å². The molecule has 0 aliphatic heterocycles. The van der Waals surface area contributed by atoms with Crippen molar-refractivity contribution < 1.29 is 9.90 Å². The molecule has 1 aromatic carbocycles. The first-order chi connectivity index (χ1) is 8.29. The number of hydrogen-bond donors (Lipinski definition) is 1. The van der Waals surface area contributed by atoms with Gasteiger partial charge in [0.15, 0.2) is 0 Å². The number of fused-ring (bicyclic) bond motifs is 1. The van der Waals surface area contributed by atoms with E-state index in [1.54, 1.807) is 24.3 Å². The molecule has 2 aromatic rings. The molecule has 1 N–H and O–H groups in total. The number of carbonyl (C=O) groups is 1. The van der Waals surface area contributed by atoms with Gasteiger partial charge in [-0.05, 0) is 18.2 Å². The molecule has 1 heterocycles. The Kier molecular flexibility index (Phi) is 3.03. The van der Waals surface area contributed by atoms with E-state index in [-0.39, 0.29) is 11.0 Å². The highest BCUT2D eigenvalue weighted by Crippen LogP contribution is 2.27. The number of carboxylic acids is 1. The molecule has 0 fully saturated rings. The third kappa shape index (κ3) is 2.31. The first-order valence-corrected chi connectivity index (χ1v) is 6.01. The molecule has 0 saturated carbocycles. The molecule has 0 unspecified atom stereocenters. The topological polar surface area (TPSA) is 50.2 Å². The quantitative estimate of drug-likeness (QED) is 0.849. The number of rotatable bonds is 1. The molecular weight excluding hydrogens is 250 g/mol. The van der Waals surface area contributed by atoms with Gasteiger partial charge < -0.3 is 5.11 Å². The van der Waals surface area contributed by atoms with Crippen molar-refractivity contribution in [3.8, 4) is 0 Å². The fourth-order valence-electron chi connectivity index (χ4n) is 1.76. The van der Waals surface area contributed by atoms with Crippen molar-refractivity contribution in [3.63, 3.8) is 0 Å². The fraction of sp³-hybridized carbons (Fsp3) is 0.286. The lowest BCUT2D eigenvalue weighted by Gasteiger charge is -2.19. The van der Waals surface area contributed by atoms with Gasteiger partial charge >= 0.3 is 5.97 Å². The van der Waals surface area contributed by atoms with Gasteiger partial charge in [0, 0.05) is 21.5 Å². The molecule has 94 valence electrons. The van der Waals surface area contributed by atoms with Gasteiger partial charge in [-0.3, -0.25) is 4.98 Å². The SMILES string of the molecule is CC(C)(C)c1cc(C(=O)O)c2ccc(Cl)cc2n1. The maximum atomic E-state index is 11.3. The fourth-order valence-corrected chi connectivity index (χ4v) is 1.93. The minimum Gasteiger partial charge on any atom is -0.478 e. The van der Waals surface area contributed by atoms with Crippen LogP contribution in [0, 0.1) is 0 Å². The summed E-state index contributed by atoms with van der Waals surface area (Å²) >= 11 is 5.93. The molecule has 0 atom stereocenters. The van der Waals surface area contributed by atoms with Crippen LogP contribution in [0.2, 0.25) is 5.02 Å². The van der Waals surface area contributed by atoms with Crippen molar-refractivity contribution in [2.24, 2.45) is 0 Å². The van der Waals surface area contributed by atoms with Gasteiger partial charge in [-0.15, -0.1) is 0 Å². The summed E-state index contributed by atoms with van der Waals surface area (Å²) in [5.74, 6) is -0.949. The highest BCUT2D eigenvalue weighted by molar-refractivity contribution is 6.31. The van der Waals surface area contributed by atoms with Crippen LogP contribution in [0.5, 0.6) is 0 Å². The Hall–Kier alpha value is -1.61. The molecule has 0 spiro atoms. The minimum absolute atomic E-state index is 0.208. The second kappa shape index (κ2) is 4.25. The van der Waals surface area contributed by atoms with E-state index in [4.69, 9.17) is 11.6 Å². The van der Waals surface area contributed by atoms with Crippen molar-refractivity contribution in [2.75, 3.05) is 0 Å². The molecule has 4 heteroatoms. The van der Waals surface area contributed by atoms with Gasteiger partial charge in [-0.1, -0.05) is 38.4 Å². The van der Waals surface area contributed by atoms with Gasteiger partial charge in [0.05, 0.1) is 11.1 Å². The summed E-state index contributed by atoms with van der Waals surface area (Å²) in [6, 6.07) is 6.70. The van der Waals surface area contributed by atoms with Gasteiger partial charge in [0.2, 0.25) is 0 Å². The summed E-state index contributed by atoms with van der Waals surface area (Å²) in [5.41, 5.74) is 1.42. The molecule has 0 saturated heterocycles. The van der Waals surface area contributed by atoms with Gasteiger partial charge in [-0.25, -0.2) is 4.79 Å². The van der Waals surface area contributed by atoms with Crippen LogP contribution >= 0.6 is 11.6 Å². The van der Waals surface area contributed by atoms with E-state index >= 15 is 0 Å². The Labute approximate surface area is 110 Å². The molecule has 0 aliphatic rings. The first-order valence-electron chi connectivity index (χ1n) is 5.63. The van der Waals surface area contributed by atoms with E-state index in [0.717, 1.165) is 5.69 Å². The molecule has 0 amide bonds. The van der Waals surface area contributed by atoms with Gasteiger partial charge in [-0.2, -0.15) is 0 Å². The summed E-state index contributed by atoms with van der Waals surface area (Å²) in [4.78, 5) is 15.8. The second-order valence-electron chi connectivity index (χ2n) is 5.27. The zero-order valence-corrected chi connectivity index (χ0v) is 11.2. The average molecular weight is 264 g/mol. The van der Waals surface area contributed by atoms with Crippen LogP contribution < -0.4 is 0 Å². The summed E-state index contributed by atoms with van der Waals surface area (Å²) in [6.07, 6.45) is 0. The standard InChI is InChI=1S/C14H14ClNO2/c1-14(2,3)12-7-10(13(17)18)9-5-4-8(15)6-11(9)16-12/h4-7H,1-3H3,(H,17,18). The molecule has 0 aliphatic carbocycles. The third-order valence-corrected chi connectivity index (χ3v) is 3.01. The van der Waals surface area contributed by atoms with Crippen LogP contribution in [0.1, 0.15) is 36.8 Å². The number of benzene rings is 1. The van der Waals surface area contributed by atoms with Crippen LogP contribution in [-0.4, -0.2) is 16.1 Å². The average Bonchev–Trinajstić information content (AvgIpc) is 2.25. The van der Waals surface area contributed by atoms with Crippen LogP contribution in [-0.2, 0) is 5.41 Å². The van der Waals surface area contributed by atoms with E-state index in [1.165, 1.54) is 0 Å². The van der Waals surface area contributed by atoms with Crippen molar-refractivity contribution in [1.29, 1.82) is 0 Å². The largest absolute Gasteiger partial charge is 0.478 e. The number of nitrogens with zero attached hydrogens (tertiary/aromatic N) is 1. The monoisotopic (exact) mass is 263 g/mol. The Morgan fingerprint density at radius 2 is 1.94 bits per heavy atom. The molecule has 2 rings (SSSR count). The van der Waals surface area contributed by atoms with E-state index in [9.17, 15) is 9.90 Å². The molecule has 0 bridgehead atoms. The predicted octanol–water partition coefficient (Wildman–Crippen LogP) is 3.88. The van der Waals surface area contributed by atoms with Gasteiger partial charge in [0.1, 0.15) is 0 Å². The number of carboxylic acid groups (broad SMARTS) is 1. The second-order valence-corrected chi connectivity index (χ2v) is 5.71. The van der Waals surface area contributed by atoms with Crippen molar-refractivity contribution in [2.45, 2.75) is 26.2 Å². The maximum Gasteiger partial charge on any atom is 0.336 e. The number of pyridine rings is 1. The van der Waals surface area contributed by atoms with E-state index in [1.807, 2.05) is 20.8 Å². The molecule has 3 nitrogen and oxygen atoms in total. The zero-order valence-electron chi connectivity index (χ0n) is 10.5. The van der Waals surface area contributed by atoms with Crippen LogP contribution in [0.3, 0.4) is 0 Å². The highest BCUT2D eigenvalue weighted by atomic mass is 35.5. The minimum atomic E-state index is -0.949. The van der Waals surface area contributed by atoms with Crippen molar-refractivity contribution in [3.05, 3.63) is 40.5 Å². The van der Waals surface area contributed by atoms with Crippen LogP contribution in [0.25, 0.3) is 10.9 Å². The Balaban J connectivity index is 2.83. The molecular formula is C14H14ClNO2. The number of halogens is 1. The molecule has 1 aromatic heterocycles. The first kappa shape index (κ1) is 12.8. The summed E-state index contributed by atoms with van der Waals surface area (Å²) in [6.45, 7) is 5.99. The third-order valence-electron chi connectivity index (χ3n) is 2.77. The Bertz CT molecular complexity index is 629. The molecule has 18 heavy (non-hydrogen) atoms. The number of aromatic nitrogens is 1. The maximum absolute atomic E-state index is 11.3. The van der Waals surface area contributed by atoms with E-state index in [0.29, 0.717) is 15.9 Å². The normalized spacial score (nSPS) is 11.8. The summed E-state index contributed by atoms with van der Waals surface area (Å²) in [5, 5.41) is 10.4. The summed E-state index contributed by atoms with van der Waals surface area (Å²) < 4.78 is 0. The number of hydrogen-bond acceptors (Lipinski definition) is 2. The predicted molar refractivity (Wildman–Crippen MR) is 72.4 cm³/mol. The van der Waals surface area contributed by atoms with Gasteiger partial charge in [0.25, 0.3) is 0 Å². The lowest BCUT2D eigenvalue weighted by Crippen LogP contribution is -2.15. The lowest BCUT2D eigenvalue weighted by molar-refractivity contribution is 0.0699. The Morgan fingerprint density at radius 1 is 1.28 bits per heavy atom. The molecule has 0 radical (unpaired) electrons. The van der Waals surface area contributed by atoms with Crippen molar-refractivity contribution in [1.82, 2.24) is 4.98 Å². The zero-order chi connectivity index (χ0) is 13.5. The lowest BCUT2D eigenvalue weighted by atomic mass is 9.90. The smallest absolute Gasteiger partial charge is 0.336 e.